The predicted octanol–water partition coefficient (Wildman–Crippen LogP) is 4.24. The molecule has 0 aliphatic heterocycles. The van der Waals surface area contributed by atoms with Gasteiger partial charge in [0.1, 0.15) is 11.3 Å². The highest BCUT2D eigenvalue weighted by Crippen LogP contribution is 2.60. The maximum Gasteiger partial charge on any atom is 0.341 e. The lowest BCUT2D eigenvalue weighted by Crippen LogP contribution is -2.53. The van der Waals surface area contributed by atoms with Crippen LogP contribution in [0.1, 0.15) is 70.4 Å². The first-order valence-electron chi connectivity index (χ1n) is 12.8. The van der Waals surface area contributed by atoms with Crippen molar-refractivity contribution < 1.29 is 23.9 Å². The van der Waals surface area contributed by atoms with Crippen LogP contribution in [0.15, 0.2) is 42.5 Å². The number of ether oxygens (including phenoxy) is 2. The molecule has 0 radical (unpaired) electrons. The Morgan fingerprint density at radius 3 is 2.00 bits per heavy atom. The van der Waals surface area contributed by atoms with Crippen LogP contribution in [0.25, 0.3) is 0 Å². The van der Waals surface area contributed by atoms with Gasteiger partial charge in [-0.15, -0.1) is 0 Å². The van der Waals surface area contributed by atoms with Crippen molar-refractivity contribution in [2.75, 3.05) is 14.2 Å². The van der Waals surface area contributed by atoms with Crippen molar-refractivity contribution >= 4 is 17.8 Å². The maximum atomic E-state index is 13.2. The van der Waals surface area contributed by atoms with E-state index in [0.29, 0.717) is 23.4 Å². The van der Waals surface area contributed by atoms with Crippen LogP contribution in [0, 0.1) is 23.2 Å². The van der Waals surface area contributed by atoms with Crippen molar-refractivity contribution in [2.24, 2.45) is 23.2 Å². The standard InChI is InChI=1S/C29H34N2O5/c1-35-25-8-5-19(12-24(25)27(33)36-2)17-30-26(32)23-6-3-18(4-7-23)16-31-28(34)29-13-20-9-21(14-29)11-22(10-20)15-29/h3-8,12,20-22H,9-11,13-17H2,1-2H3,(H,30,32)(H,31,34). The van der Waals surface area contributed by atoms with Gasteiger partial charge in [-0.25, -0.2) is 4.79 Å². The molecule has 4 saturated carbocycles. The number of rotatable bonds is 8. The number of benzene rings is 2. The lowest BCUT2D eigenvalue weighted by molar-refractivity contribution is -0.146. The molecular weight excluding hydrogens is 456 g/mol. The Morgan fingerprint density at radius 2 is 1.42 bits per heavy atom. The molecule has 6 rings (SSSR count). The minimum Gasteiger partial charge on any atom is -0.496 e. The van der Waals surface area contributed by atoms with Gasteiger partial charge in [-0.2, -0.15) is 0 Å². The van der Waals surface area contributed by atoms with Gasteiger partial charge in [0.05, 0.1) is 14.2 Å². The zero-order valence-corrected chi connectivity index (χ0v) is 21.0. The summed E-state index contributed by atoms with van der Waals surface area (Å²) in [6.45, 7) is 0.736. The number of amides is 2. The van der Waals surface area contributed by atoms with Gasteiger partial charge in [-0.05, 0) is 91.7 Å². The summed E-state index contributed by atoms with van der Waals surface area (Å²) in [6, 6.07) is 12.4. The van der Waals surface area contributed by atoms with Crippen LogP contribution in [0.4, 0.5) is 0 Å². The summed E-state index contributed by atoms with van der Waals surface area (Å²) in [5.74, 6) is 2.15. The minimum absolute atomic E-state index is 0.149. The molecule has 4 aliphatic rings. The smallest absolute Gasteiger partial charge is 0.341 e. The third-order valence-corrected chi connectivity index (χ3v) is 8.31. The van der Waals surface area contributed by atoms with Gasteiger partial charge >= 0.3 is 5.97 Å². The third-order valence-electron chi connectivity index (χ3n) is 8.31. The van der Waals surface area contributed by atoms with Crippen LogP contribution in [-0.2, 0) is 22.6 Å². The van der Waals surface area contributed by atoms with Crippen LogP contribution >= 0.6 is 0 Å². The second-order valence-corrected chi connectivity index (χ2v) is 10.8. The van der Waals surface area contributed by atoms with Gasteiger partial charge in [-0.3, -0.25) is 9.59 Å². The van der Waals surface area contributed by atoms with E-state index in [2.05, 4.69) is 10.6 Å². The zero-order chi connectivity index (χ0) is 25.3. The number of esters is 1. The normalized spacial score (nSPS) is 25.8. The fourth-order valence-corrected chi connectivity index (χ4v) is 6.95. The van der Waals surface area contributed by atoms with E-state index in [1.165, 1.54) is 33.5 Å². The number of methoxy groups -OCH3 is 2. The second-order valence-electron chi connectivity index (χ2n) is 10.8. The van der Waals surface area contributed by atoms with E-state index in [0.717, 1.165) is 48.1 Å². The molecule has 190 valence electrons. The summed E-state index contributed by atoms with van der Waals surface area (Å²) < 4.78 is 10.0. The third kappa shape index (κ3) is 4.84. The topological polar surface area (TPSA) is 93.7 Å². The maximum absolute atomic E-state index is 13.2. The summed E-state index contributed by atoms with van der Waals surface area (Å²) in [5, 5.41) is 6.07. The van der Waals surface area contributed by atoms with Crippen LogP contribution in [0.2, 0.25) is 0 Å². The molecular formula is C29H34N2O5. The molecule has 0 heterocycles. The summed E-state index contributed by atoms with van der Waals surface area (Å²) in [6.07, 6.45) is 7.13. The Hall–Kier alpha value is -3.35. The predicted molar refractivity (Wildman–Crippen MR) is 134 cm³/mol. The first kappa shape index (κ1) is 24.3. The lowest BCUT2D eigenvalue weighted by Gasteiger charge is -2.55. The first-order chi connectivity index (χ1) is 17.4. The Morgan fingerprint density at radius 1 is 0.833 bits per heavy atom. The van der Waals surface area contributed by atoms with Gasteiger partial charge < -0.3 is 20.1 Å². The Kier molecular flexibility index (Phi) is 6.73. The molecule has 2 amide bonds. The van der Waals surface area contributed by atoms with Gasteiger partial charge in [0.2, 0.25) is 5.91 Å². The zero-order valence-electron chi connectivity index (χ0n) is 21.0. The fraction of sp³-hybridized carbons (Fsp3) is 0.483. The average Bonchev–Trinajstić information content (AvgIpc) is 2.89. The number of carbonyl (C=O) groups is 3. The lowest BCUT2D eigenvalue weighted by atomic mass is 9.49. The van der Waals surface area contributed by atoms with Gasteiger partial charge in [0, 0.05) is 24.1 Å². The summed E-state index contributed by atoms with van der Waals surface area (Å²) in [7, 11) is 2.80. The largest absolute Gasteiger partial charge is 0.496 e. The number of carbonyl (C=O) groups excluding carboxylic acids is 3. The Balaban J connectivity index is 1.14. The van der Waals surface area contributed by atoms with E-state index >= 15 is 0 Å². The van der Waals surface area contributed by atoms with E-state index in [4.69, 9.17) is 9.47 Å². The highest BCUT2D eigenvalue weighted by atomic mass is 16.5. The van der Waals surface area contributed by atoms with E-state index < -0.39 is 5.97 Å². The Labute approximate surface area is 211 Å². The van der Waals surface area contributed by atoms with E-state index in [1.807, 2.05) is 12.1 Å². The quantitative estimate of drug-likeness (QED) is 0.540. The van der Waals surface area contributed by atoms with Gasteiger partial charge in [-0.1, -0.05) is 18.2 Å². The highest BCUT2D eigenvalue weighted by molar-refractivity contribution is 5.94. The molecule has 2 N–H and O–H groups in total. The number of hydrogen-bond donors (Lipinski definition) is 2. The van der Waals surface area contributed by atoms with Crippen molar-refractivity contribution in [3.05, 3.63) is 64.7 Å². The van der Waals surface area contributed by atoms with E-state index in [1.54, 1.807) is 30.3 Å². The van der Waals surface area contributed by atoms with Crippen molar-refractivity contribution in [3.63, 3.8) is 0 Å². The van der Waals surface area contributed by atoms with Crippen molar-refractivity contribution in [3.8, 4) is 5.75 Å². The molecule has 2 aromatic carbocycles. The van der Waals surface area contributed by atoms with Crippen molar-refractivity contribution in [1.29, 1.82) is 0 Å². The van der Waals surface area contributed by atoms with Gasteiger partial charge in [0.25, 0.3) is 5.91 Å². The van der Waals surface area contributed by atoms with Crippen molar-refractivity contribution in [2.45, 2.75) is 51.6 Å². The van der Waals surface area contributed by atoms with Crippen molar-refractivity contribution in [1.82, 2.24) is 10.6 Å². The van der Waals surface area contributed by atoms with Crippen LogP contribution in [-0.4, -0.2) is 32.0 Å². The van der Waals surface area contributed by atoms with Crippen LogP contribution in [0.3, 0.4) is 0 Å². The fourth-order valence-electron chi connectivity index (χ4n) is 6.95. The summed E-state index contributed by atoms with van der Waals surface area (Å²) in [5.41, 5.74) is 2.43. The van der Waals surface area contributed by atoms with Crippen LogP contribution < -0.4 is 15.4 Å². The highest BCUT2D eigenvalue weighted by Gasteiger charge is 2.54. The number of nitrogens with one attached hydrogen (secondary N) is 2. The van der Waals surface area contributed by atoms with Gasteiger partial charge in [0.15, 0.2) is 0 Å². The van der Waals surface area contributed by atoms with E-state index in [-0.39, 0.29) is 23.8 Å². The van der Waals surface area contributed by atoms with Crippen LogP contribution in [0.5, 0.6) is 5.75 Å². The monoisotopic (exact) mass is 490 g/mol. The minimum atomic E-state index is -0.495. The molecule has 0 atom stereocenters. The summed E-state index contributed by atoms with van der Waals surface area (Å²) >= 11 is 0. The Bertz CT molecular complexity index is 1120. The molecule has 4 bridgehead atoms. The molecule has 0 saturated heterocycles. The summed E-state index contributed by atoms with van der Waals surface area (Å²) in [4.78, 5) is 37.8. The molecule has 7 heteroatoms. The SMILES string of the molecule is COC(=O)c1cc(CNC(=O)c2ccc(CNC(=O)C34CC5CC(CC(C5)C3)C4)cc2)ccc1OC. The molecule has 4 aliphatic carbocycles. The number of hydrogen-bond acceptors (Lipinski definition) is 5. The molecule has 7 nitrogen and oxygen atoms in total. The molecule has 2 aromatic rings. The molecule has 36 heavy (non-hydrogen) atoms. The molecule has 4 fully saturated rings. The molecule has 0 spiro atoms. The second kappa shape index (κ2) is 9.96. The van der Waals surface area contributed by atoms with E-state index in [9.17, 15) is 14.4 Å². The average molecular weight is 491 g/mol. The molecule has 0 unspecified atom stereocenters. The molecule has 0 aromatic heterocycles. The first-order valence-corrected chi connectivity index (χ1v) is 12.8.